The molecule has 0 aromatic rings. The highest BCUT2D eigenvalue weighted by Crippen LogP contribution is 2.30. The minimum absolute atomic E-state index is 0.122. The summed E-state index contributed by atoms with van der Waals surface area (Å²) in [6.07, 6.45) is 7.65. The van der Waals surface area contributed by atoms with Gasteiger partial charge in [0.15, 0.2) is 0 Å². The van der Waals surface area contributed by atoms with E-state index in [1.807, 2.05) is 0 Å². The second kappa shape index (κ2) is 6.55. The highest BCUT2D eigenvalue weighted by atomic mass is 32.2. The summed E-state index contributed by atoms with van der Waals surface area (Å²) in [5.41, 5.74) is 0. The molecule has 112 valence electrons. The maximum absolute atomic E-state index is 12.5. The number of rotatable bonds is 3. The highest BCUT2D eigenvalue weighted by molar-refractivity contribution is 7.87. The Bertz CT molecular complexity index is 375. The van der Waals surface area contributed by atoms with Gasteiger partial charge in [-0.15, -0.1) is 0 Å². The van der Waals surface area contributed by atoms with Gasteiger partial charge in [-0.2, -0.15) is 17.4 Å². The Morgan fingerprint density at radius 1 is 0.947 bits per heavy atom. The van der Waals surface area contributed by atoms with Gasteiger partial charge in [0, 0.05) is 19.1 Å². The molecule has 1 N–H and O–H groups in total. The summed E-state index contributed by atoms with van der Waals surface area (Å²) in [7, 11) is -3.28. The number of nitrogens with zero attached hydrogens (tertiary/aromatic N) is 1. The summed E-state index contributed by atoms with van der Waals surface area (Å²) in [6, 6.07) is 0.122. The summed E-state index contributed by atoms with van der Waals surface area (Å²) in [5.74, 6) is 1.06. The summed E-state index contributed by atoms with van der Waals surface area (Å²) >= 11 is 0. The fraction of sp³-hybridized carbons (Fsp3) is 1.00. The SMILES string of the molecule is C[C@@H]1[C@H](C)CCC[C@@H]1NS(=O)(=O)N1CCCCCC1. The van der Waals surface area contributed by atoms with Gasteiger partial charge in [0.25, 0.3) is 10.2 Å². The lowest BCUT2D eigenvalue weighted by Crippen LogP contribution is -2.49. The van der Waals surface area contributed by atoms with Crippen molar-refractivity contribution in [1.82, 2.24) is 9.03 Å². The maximum Gasteiger partial charge on any atom is 0.279 e. The molecule has 0 aromatic heterocycles. The maximum atomic E-state index is 12.5. The first-order chi connectivity index (χ1) is 9.00. The monoisotopic (exact) mass is 288 g/mol. The molecule has 0 spiro atoms. The van der Waals surface area contributed by atoms with Gasteiger partial charge in [0.2, 0.25) is 0 Å². The molecule has 19 heavy (non-hydrogen) atoms. The van der Waals surface area contributed by atoms with Crippen molar-refractivity contribution < 1.29 is 8.42 Å². The van der Waals surface area contributed by atoms with Gasteiger partial charge in [0.05, 0.1) is 0 Å². The molecule has 5 heteroatoms. The highest BCUT2D eigenvalue weighted by Gasteiger charge is 2.32. The second-order valence-electron chi connectivity index (χ2n) is 6.31. The summed E-state index contributed by atoms with van der Waals surface area (Å²) < 4.78 is 29.6. The third kappa shape index (κ3) is 3.92. The van der Waals surface area contributed by atoms with E-state index < -0.39 is 10.2 Å². The van der Waals surface area contributed by atoms with Crippen LogP contribution in [0.1, 0.15) is 58.8 Å². The van der Waals surface area contributed by atoms with Crippen molar-refractivity contribution in [2.24, 2.45) is 11.8 Å². The lowest BCUT2D eigenvalue weighted by atomic mass is 9.78. The Hall–Kier alpha value is -0.130. The number of hydrogen-bond donors (Lipinski definition) is 1. The van der Waals surface area contributed by atoms with Crippen molar-refractivity contribution in [2.75, 3.05) is 13.1 Å². The van der Waals surface area contributed by atoms with Gasteiger partial charge in [-0.1, -0.05) is 39.5 Å². The molecule has 1 heterocycles. The molecule has 0 bridgehead atoms. The molecular formula is C14H28N2O2S. The third-order valence-electron chi connectivity index (χ3n) is 4.91. The van der Waals surface area contributed by atoms with E-state index in [0.29, 0.717) is 24.9 Å². The molecule has 2 rings (SSSR count). The van der Waals surface area contributed by atoms with Crippen LogP contribution in [0.2, 0.25) is 0 Å². The molecule has 1 saturated heterocycles. The van der Waals surface area contributed by atoms with E-state index in [9.17, 15) is 8.42 Å². The molecule has 4 nitrogen and oxygen atoms in total. The van der Waals surface area contributed by atoms with Gasteiger partial charge in [0.1, 0.15) is 0 Å². The van der Waals surface area contributed by atoms with Gasteiger partial charge in [-0.05, 0) is 31.1 Å². The van der Waals surface area contributed by atoms with E-state index in [-0.39, 0.29) is 6.04 Å². The average molecular weight is 288 g/mol. The standard InChI is InChI=1S/C14H28N2O2S/c1-12-8-7-9-14(13(12)2)15-19(17,18)16-10-5-3-4-6-11-16/h12-15H,3-11H2,1-2H3/t12-,13-,14+/m1/s1. The Morgan fingerprint density at radius 2 is 1.58 bits per heavy atom. The first-order valence-electron chi connectivity index (χ1n) is 7.78. The van der Waals surface area contributed by atoms with E-state index in [0.717, 1.165) is 38.5 Å². The Labute approximate surface area is 118 Å². The molecule has 3 atom stereocenters. The average Bonchev–Trinajstić information content (AvgIpc) is 2.64. The lowest BCUT2D eigenvalue weighted by molar-refractivity contribution is 0.223. The van der Waals surface area contributed by atoms with Crippen LogP contribution in [0.15, 0.2) is 0 Å². The van der Waals surface area contributed by atoms with E-state index >= 15 is 0 Å². The quantitative estimate of drug-likeness (QED) is 0.867. The Morgan fingerprint density at radius 3 is 2.21 bits per heavy atom. The summed E-state index contributed by atoms with van der Waals surface area (Å²) in [6.45, 7) is 5.79. The Kier molecular flexibility index (Phi) is 5.26. The normalized spacial score (nSPS) is 34.9. The number of hydrogen-bond acceptors (Lipinski definition) is 2. The lowest BCUT2D eigenvalue weighted by Gasteiger charge is -2.35. The molecule has 0 aromatic carbocycles. The fourth-order valence-corrected chi connectivity index (χ4v) is 4.90. The van der Waals surface area contributed by atoms with Crippen LogP contribution in [0.25, 0.3) is 0 Å². The van der Waals surface area contributed by atoms with Crippen LogP contribution >= 0.6 is 0 Å². The summed E-state index contributed by atoms with van der Waals surface area (Å²) in [5, 5.41) is 0. The van der Waals surface area contributed by atoms with E-state index in [4.69, 9.17) is 0 Å². The smallest absolute Gasteiger partial charge is 0.199 e. The zero-order valence-corrected chi connectivity index (χ0v) is 13.1. The first-order valence-corrected chi connectivity index (χ1v) is 9.22. The molecule has 2 aliphatic rings. The van der Waals surface area contributed by atoms with Crippen LogP contribution in [0.4, 0.5) is 0 Å². The molecule has 1 saturated carbocycles. The topological polar surface area (TPSA) is 49.4 Å². The number of nitrogens with one attached hydrogen (secondary N) is 1. The summed E-state index contributed by atoms with van der Waals surface area (Å²) in [4.78, 5) is 0. The van der Waals surface area contributed by atoms with Gasteiger partial charge in [-0.25, -0.2) is 0 Å². The van der Waals surface area contributed by atoms with Crippen LogP contribution in [-0.4, -0.2) is 31.9 Å². The second-order valence-corrected chi connectivity index (χ2v) is 8.01. The molecule has 1 aliphatic heterocycles. The fourth-order valence-electron chi connectivity index (χ4n) is 3.30. The Balaban J connectivity index is 1.99. The van der Waals surface area contributed by atoms with Gasteiger partial charge >= 0.3 is 0 Å². The first kappa shape index (κ1) is 15.3. The van der Waals surface area contributed by atoms with Crippen LogP contribution in [-0.2, 0) is 10.2 Å². The van der Waals surface area contributed by atoms with Crippen LogP contribution in [0.5, 0.6) is 0 Å². The third-order valence-corrected chi connectivity index (χ3v) is 6.56. The molecule has 0 radical (unpaired) electrons. The van der Waals surface area contributed by atoms with Crippen molar-refractivity contribution in [1.29, 1.82) is 0 Å². The van der Waals surface area contributed by atoms with E-state index in [2.05, 4.69) is 18.6 Å². The molecule has 1 aliphatic carbocycles. The van der Waals surface area contributed by atoms with Crippen molar-refractivity contribution in [3.05, 3.63) is 0 Å². The minimum atomic E-state index is -3.28. The zero-order chi connectivity index (χ0) is 13.9. The van der Waals surface area contributed by atoms with Crippen LogP contribution < -0.4 is 4.72 Å². The van der Waals surface area contributed by atoms with E-state index in [1.54, 1.807) is 4.31 Å². The zero-order valence-electron chi connectivity index (χ0n) is 12.3. The van der Waals surface area contributed by atoms with E-state index in [1.165, 1.54) is 6.42 Å². The van der Waals surface area contributed by atoms with Crippen LogP contribution in [0, 0.1) is 11.8 Å². The molecule has 0 unspecified atom stereocenters. The predicted octanol–water partition coefficient (Wildman–Crippen LogP) is 2.52. The molecular weight excluding hydrogens is 260 g/mol. The molecule has 0 amide bonds. The van der Waals surface area contributed by atoms with Gasteiger partial charge in [-0.3, -0.25) is 0 Å². The van der Waals surface area contributed by atoms with Crippen LogP contribution in [0.3, 0.4) is 0 Å². The molecule has 2 fully saturated rings. The van der Waals surface area contributed by atoms with Gasteiger partial charge < -0.3 is 0 Å². The van der Waals surface area contributed by atoms with Crippen molar-refractivity contribution in [2.45, 2.75) is 64.8 Å². The van der Waals surface area contributed by atoms with Crippen molar-refractivity contribution >= 4 is 10.2 Å². The van der Waals surface area contributed by atoms with Crippen molar-refractivity contribution in [3.63, 3.8) is 0 Å². The van der Waals surface area contributed by atoms with Crippen molar-refractivity contribution in [3.8, 4) is 0 Å². The largest absolute Gasteiger partial charge is 0.279 e. The predicted molar refractivity (Wildman–Crippen MR) is 78.1 cm³/mol. The minimum Gasteiger partial charge on any atom is -0.199 e.